The number of aliphatic hydroxyl groups is 1. The van der Waals surface area contributed by atoms with Gasteiger partial charge in [-0.2, -0.15) is 0 Å². The Kier molecular flexibility index (Phi) is 6.52. The summed E-state index contributed by atoms with van der Waals surface area (Å²) in [5.41, 5.74) is 0.201. The van der Waals surface area contributed by atoms with E-state index in [4.69, 9.17) is 9.40 Å². The summed E-state index contributed by atoms with van der Waals surface area (Å²) in [5.74, 6) is -2.27. The Morgan fingerprint density at radius 1 is 1.05 bits per heavy atom. The van der Waals surface area contributed by atoms with Crippen LogP contribution < -0.4 is 4.90 Å². The minimum atomic E-state index is -2.65. The minimum absolute atomic E-state index is 0.0347. The van der Waals surface area contributed by atoms with Gasteiger partial charge in [-0.15, -0.1) is 0 Å². The number of halogens is 2. The van der Waals surface area contributed by atoms with Crippen molar-refractivity contribution in [3.8, 4) is 0 Å². The molecule has 3 aliphatic rings. The first kappa shape index (κ1) is 27.8. The van der Waals surface area contributed by atoms with Crippen molar-refractivity contribution in [2.24, 2.45) is 5.92 Å². The summed E-state index contributed by atoms with van der Waals surface area (Å²) in [7, 11) is 0. The summed E-state index contributed by atoms with van der Waals surface area (Å²) in [6, 6.07) is 3.55. The molecule has 214 valence electrons. The molecule has 4 heterocycles. The number of carbonyl (C=O) groups excluding carboxylic acids is 2. The van der Waals surface area contributed by atoms with Crippen LogP contribution in [0.4, 0.5) is 14.6 Å². The van der Waals surface area contributed by atoms with E-state index in [-0.39, 0.29) is 54.8 Å². The van der Waals surface area contributed by atoms with Crippen molar-refractivity contribution in [1.29, 1.82) is 0 Å². The van der Waals surface area contributed by atoms with Crippen LogP contribution in [0.5, 0.6) is 0 Å². The fourth-order valence-corrected chi connectivity index (χ4v) is 6.18. The van der Waals surface area contributed by atoms with Crippen LogP contribution in [0.2, 0.25) is 0 Å². The number of nitrogens with zero attached hydrogens (tertiary/aromatic N) is 4. The maximum atomic E-state index is 13.8. The van der Waals surface area contributed by atoms with Gasteiger partial charge in [0.15, 0.2) is 11.3 Å². The molecular weight excluding hydrogens is 506 g/mol. The van der Waals surface area contributed by atoms with Crippen molar-refractivity contribution in [3.63, 3.8) is 0 Å². The number of aromatic nitrogens is 1. The molecule has 1 aliphatic carbocycles. The third-order valence-electron chi connectivity index (χ3n) is 8.48. The van der Waals surface area contributed by atoms with Gasteiger partial charge in [-0.1, -0.05) is 20.8 Å². The molecule has 5 rings (SSSR count). The van der Waals surface area contributed by atoms with Crippen LogP contribution >= 0.6 is 0 Å². The van der Waals surface area contributed by atoms with Crippen LogP contribution in [0, 0.1) is 5.92 Å². The molecule has 0 unspecified atom stereocenters. The monoisotopic (exact) mass is 546 g/mol. The second-order valence-electron chi connectivity index (χ2n) is 13.6. The van der Waals surface area contributed by atoms with Crippen molar-refractivity contribution in [1.82, 2.24) is 14.8 Å². The smallest absolute Gasteiger partial charge is 0.290 e. The molecule has 2 amide bonds. The van der Waals surface area contributed by atoms with E-state index < -0.39 is 17.1 Å². The molecule has 0 aromatic carbocycles. The molecule has 0 atom stereocenters. The topological polar surface area (TPSA) is 90.1 Å². The number of anilines is 1. The van der Waals surface area contributed by atoms with Gasteiger partial charge in [0, 0.05) is 63.1 Å². The number of hydrogen-bond donors (Lipinski definition) is 1. The minimum Gasteiger partial charge on any atom is -0.449 e. The van der Waals surface area contributed by atoms with Crippen molar-refractivity contribution in [2.45, 2.75) is 89.7 Å². The second kappa shape index (κ2) is 9.14. The quantitative estimate of drug-likeness (QED) is 0.606. The Morgan fingerprint density at radius 3 is 2.26 bits per heavy atom. The Morgan fingerprint density at radius 2 is 1.69 bits per heavy atom. The zero-order chi connectivity index (χ0) is 28.5. The van der Waals surface area contributed by atoms with Gasteiger partial charge >= 0.3 is 0 Å². The first-order chi connectivity index (χ1) is 18.0. The first-order valence-corrected chi connectivity index (χ1v) is 13.9. The summed E-state index contributed by atoms with van der Waals surface area (Å²) in [6.07, 6.45) is 0.511. The van der Waals surface area contributed by atoms with E-state index >= 15 is 0 Å². The third kappa shape index (κ3) is 5.36. The number of carbonyl (C=O) groups is 2. The Hall–Kier alpha value is -2.75. The Balaban J connectivity index is 1.38. The highest BCUT2D eigenvalue weighted by atomic mass is 19.3. The number of piperazine rings is 1. The Bertz CT molecular complexity index is 1280. The molecule has 8 nitrogen and oxygen atoms in total. The zero-order valence-electron chi connectivity index (χ0n) is 23.8. The van der Waals surface area contributed by atoms with Gasteiger partial charge in [-0.05, 0) is 45.1 Å². The summed E-state index contributed by atoms with van der Waals surface area (Å²) >= 11 is 0. The van der Waals surface area contributed by atoms with E-state index in [0.29, 0.717) is 49.4 Å². The molecule has 0 bridgehead atoms. The molecule has 2 aliphatic heterocycles. The van der Waals surface area contributed by atoms with Crippen LogP contribution in [0.15, 0.2) is 16.5 Å². The summed E-state index contributed by atoms with van der Waals surface area (Å²) < 4.78 is 33.7. The molecule has 2 saturated heterocycles. The maximum Gasteiger partial charge on any atom is 0.290 e. The van der Waals surface area contributed by atoms with Gasteiger partial charge in [0.1, 0.15) is 11.3 Å². The largest absolute Gasteiger partial charge is 0.449 e. The van der Waals surface area contributed by atoms with Crippen LogP contribution in [0.1, 0.15) is 83.3 Å². The number of piperidine rings is 1. The fraction of sp³-hybridized carbons (Fsp3) is 0.690. The lowest BCUT2D eigenvalue weighted by Gasteiger charge is -2.49. The van der Waals surface area contributed by atoms with Crippen molar-refractivity contribution in [3.05, 3.63) is 23.5 Å². The number of pyridine rings is 1. The van der Waals surface area contributed by atoms with Crippen LogP contribution in [-0.4, -0.2) is 81.5 Å². The SMILES string of the molecule is CC(C)(C)c1cc(N2CCC(F)(F)CC2)nc2cc(C(=O)N3CCN(C(=O)[C@H]4C[C@](C)(O)C4)CC3(C)C)oc12. The lowest BCUT2D eigenvalue weighted by molar-refractivity contribution is -0.153. The molecule has 3 fully saturated rings. The van der Waals surface area contributed by atoms with Gasteiger partial charge in [0.05, 0.1) is 11.1 Å². The highest BCUT2D eigenvalue weighted by molar-refractivity contribution is 5.97. The highest BCUT2D eigenvalue weighted by Gasteiger charge is 2.47. The molecule has 1 saturated carbocycles. The van der Waals surface area contributed by atoms with E-state index in [0.717, 1.165) is 5.56 Å². The molecule has 1 N–H and O–H groups in total. The van der Waals surface area contributed by atoms with Gasteiger partial charge in [0.25, 0.3) is 11.8 Å². The number of furan rings is 1. The normalized spacial score (nSPS) is 27.0. The summed E-state index contributed by atoms with van der Waals surface area (Å²) in [5, 5.41) is 10.0. The lowest BCUT2D eigenvalue weighted by Crippen LogP contribution is -2.63. The van der Waals surface area contributed by atoms with E-state index in [1.807, 2.05) is 45.6 Å². The second-order valence-corrected chi connectivity index (χ2v) is 13.6. The zero-order valence-corrected chi connectivity index (χ0v) is 23.8. The molecule has 0 spiro atoms. The Labute approximate surface area is 228 Å². The van der Waals surface area contributed by atoms with Gasteiger partial charge in [0.2, 0.25) is 5.91 Å². The van der Waals surface area contributed by atoms with Gasteiger partial charge in [-0.3, -0.25) is 9.59 Å². The van der Waals surface area contributed by atoms with Crippen molar-refractivity contribution >= 4 is 28.7 Å². The highest BCUT2D eigenvalue weighted by Crippen LogP contribution is 2.40. The molecule has 39 heavy (non-hydrogen) atoms. The van der Waals surface area contributed by atoms with Gasteiger partial charge < -0.3 is 24.2 Å². The van der Waals surface area contributed by atoms with Gasteiger partial charge in [-0.25, -0.2) is 13.8 Å². The van der Waals surface area contributed by atoms with Crippen LogP contribution in [0.25, 0.3) is 11.1 Å². The van der Waals surface area contributed by atoms with E-state index in [9.17, 15) is 23.5 Å². The number of rotatable bonds is 3. The standard InChI is InChI=1S/C29H40F2N4O4/c1-26(2,3)19-13-22(33-9-7-29(30,31)8-10-33)32-20-14-21(39-23(19)20)25(37)35-12-11-34(17-27(35,4)5)24(36)18-15-28(6,38)16-18/h13-14,18,38H,7-12,15-17H2,1-6H3/t18-,28-. The maximum absolute atomic E-state index is 13.8. The molecular formula is C29H40F2N4O4. The van der Waals surface area contributed by atoms with Crippen molar-refractivity contribution in [2.75, 3.05) is 37.6 Å². The summed E-state index contributed by atoms with van der Waals surface area (Å²) in [4.78, 5) is 36.9. The number of alkyl halides is 2. The molecule has 2 aromatic rings. The van der Waals surface area contributed by atoms with E-state index in [1.54, 1.807) is 22.8 Å². The summed E-state index contributed by atoms with van der Waals surface area (Å²) in [6.45, 7) is 13.4. The molecule has 2 aromatic heterocycles. The van der Waals surface area contributed by atoms with E-state index in [1.165, 1.54) is 0 Å². The third-order valence-corrected chi connectivity index (χ3v) is 8.48. The predicted molar refractivity (Wildman–Crippen MR) is 144 cm³/mol. The first-order valence-electron chi connectivity index (χ1n) is 13.9. The van der Waals surface area contributed by atoms with Crippen molar-refractivity contribution < 1.29 is 27.9 Å². The fourth-order valence-electron chi connectivity index (χ4n) is 6.18. The molecule has 10 heteroatoms. The number of fused-ring (bicyclic) bond motifs is 1. The number of hydrogen-bond acceptors (Lipinski definition) is 6. The van der Waals surface area contributed by atoms with Crippen LogP contribution in [-0.2, 0) is 10.2 Å². The average molecular weight is 547 g/mol. The lowest BCUT2D eigenvalue weighted by atomic mass is 9.71. The van der Waals surface area contributed by atoms with Crippen LogP contribution in [0.3, 0.4) is 0 Å². The molecule has 0 radical (unpaired) electrons. The predicted octanol–water partition coefficient (Wildman–Crippen LogP) is 4.58. The average Bonchev–Trinajstić information content (AvgIpc) is 3.24. The number of amides is 2. The van der Waals surface area contributed by atoms with E-state index in [2.05, 4.69) is 0 Å².